The Kier molecular flexibility index (Phi) is 3.47. The van der Waals surface area contributed by atoms with E-state index in [9.17, 15) is 9.59 Å². The van der Waals surface area contributed by atoms with Crippen molar-refractivity contribution in [1.82, 2.24) is 15.1 Å². The van der Waals surface area contributed by atoms with Crippen LogP contribution in [0.4, 0.5) is 0 Å². The van der Waals surface area contributed by atoms with Crippen LogP contribution in [0, 0.1) is 0 Å². The first kappa shape index (κ1) is 12.9. The Bertz CT molecular complexity index is 519. The first-order chi connectivity index (χ1) is 9.13. The number of rotatable bonds is 2. The highest BCUT2D eigenvalue weighted by atomic mass is 35.5. The molecule has 2 fully saturated rings. The third-order valence-corrected chi connectivity index (χ3v) is 4.73. The van der Waals surface area contributed by atoms with Crippen molar-refractivity contribution in [2.75, 3.05) is 26.2 Å². The van der Waals surface area contributed by atoms with E-state index in [4.69, 9.17) is 11.6 Å². The van der Waals surface area contributed by atoms with Gasteiger partial charge in [-0.3, -0.25) is 14.5 Å². The van der Waals surface area contributed by atoms with Gasteiger partial charge in [0.25, 0.3) is 0 Å². The van der Waals surface area contributed by atoms with Crippen LogP contribution in [0.1, 0.15) is 4.88 Å². The van der Waals surface area contributed by atoms with Crippen molar-refractivity contribution < 1.29 is 9.59 Å². The van der Waals surface area contributed by atoms with E-state index >= 15 is 0 Å². The van der Waals surface area contributed by atoms with E-state index in [1.54, 1.807) is 16.2 Å². The van der Waals surface area contributed by atoms with Gasteiger partial charge in [-0.15, -0.1) is 11.3 Å². The highest BCUT2D eigenvalue weighted by molar-refractivity contribution is 7.16. The molecule has 2 aliphatic rings. The van der Waals surface area contributed by atoms with Gasteiger partial charge in [-0.1, -0.05) is 11.6 Å². The van der Waals surface area contributed by atoms with Crippen LogP contribution >= 0.6 is 22.9 Å². The number of carbonyl (C=O) groups excluding carboxylic acids is 2. The first-order valence-electron chi connectivity index (χ1n) is 6.17. The molecule has 19 heavy (non-hydrogen) atoms. The Morgan fingerprint density at radius 1 is 1.37 bits per heavy atom. The molecule has 1 aromatic heterocycles. The molecule has 2 amide bonds. The van der Waals surface area contributed by atoms with Crippen LogP contribution in [0.5, 0.6) is 0 Å². The molecule has 0 unspecified atom stereocenters. The fraction of sp³-hybridized carbons (Fsp3) is 0.500. The average molecular weight is 300 g/mol. The predicted molar refractivity (Wildman–Crippen MR) is 73.1 cm³/mol. The maximum Gasteiger partial charge on any atom is 0.244 e. The number of carbonyl (C=O) groups is 2. The van der Waals surface area contributed by atoms with Gasteiger partial charge in [0, 0.05) is 31.1 Å². The van der Waals surface area contributed by atoms with Gasteiger partial charge >= 0.3 is 0 Å². The second-order valence-electron chi connectivity index (χ2n) is 4.76. The van der Waals surface area contributed by atoms with Crippen molar-refractivity contribution in [3.63, 3.8) is 0 Å². The van der Waals surface area contributed by atoms with Crippen molar-refractivity contribution in [2.24, 2.45) is 0 Å². The number of nitrogens with zero attached hydrogens (tertiary/aromatic N) is 2. The van der Waals surface area contributed by atoms with Crippen LogP contribution in [-0.2, 0) is 16.1 Å². The minimum atomic E-state index is -0.342. The summed E-state index contributed by atoms with van der Waals surface area (Å²) >= 11 is 7.47. The van der Waals surface area contributed by atoms with Gasteiger partial charge in [0.15, 0.2) is 0 Å². The maximum absolute atomic E-state index is 11.8. The molecular weight excluding hydrogens is 286 g/mol. The summed E-state index contributed by atoms with van der Waals surface area (Å²) in [5.74, 6) is -0.0306. The van der Waals surface area contributed by atoms with Gasteiger partial charge in [-0.05, 0) is 12.1 Å². The Morgan fingerprint density at radius 2 is 2.21 bits per heavy atom. The monoisotopic (exact) mass is 299 g/mol. The normalized spacial score (nSPS) is 24.3. The zero-order valence-electron chi connectivity index (χ0n) is 10.3. The molecule has 1 N–H and O–H groups in total. The van der Waals surface area contributed by atoms with Crippen LogP contribution in [0.3, 0.4) is 0 Å². The molecular formula is C12H14ClN3O2S. The fourth-order valence-electron chi connectivity index (χ4n) is 2.55. The van der Waals surface area contributed by atoms with Crippen LogP contribution < -0.4 is 5.32 Å². The molecule has 1 aromatic rings. The third kappa shape index (κ3) is 2.61. The highest BCUT2D eigenvalue weighted by Gasteiger charge is 2.38. The molecule has 0 spiro atoms. The van der Waals surface area contributed by atoms with E-state index in [-0.39, 0.29) is 24.4 Å². The molecule has 1 atom stereocenters. The second kappa shape index (κ2) is 5.11. The van der Waals surface area contributed by atoms with Crippen molar-refractivity contribution in [3.8, 4) is 0 Å². The number of thiophene rings is 1. The van der Waals surface area contributed by atoms with Crippen molar-refractivity contribution in [3.05, 3.63) is 21.3 Å². The summed E-state index contributed by atoms with van der Waals surface area (Å²) in [7, 11) is 0. The van der Waals surface area contributed by atoms with Gasteiger partial charge in [0.05, 0.1) is 10.9 Å². The molecule has 3 rings (SSSR count). The zero-order chi connectivity index (χ0) is 13.4. The molecule has 0 aliphatic carbocycles. The van der Waals surface area contributed by atoms with Crippen LogP contribution in [0.15, 0.2) is 12.1 Å². The van der Waals surface area contributed by atoms with Gasteiger partial charge in [0.1, 0.15) is 6.04 Å². The van der Waals surface area contributed by atoms with Crippen molar-refractivity contribution >= 4 is 34.8 Å². The number of halogens is 1. The van der Waals surface area contributed by atoms with E-state index < -0.39 is 0 Å². The highest BCUT2D eigenvalue weighted by Crippen LogP contribution is 2.24. The first-order valence-corrected chi connectivity index (χ1v) is 7.36. The molecule has 7 heteroatoms. The SMILES string of the molecule is O=C1NCC(=O)N2CCN(Cc3ccc(Cl)s3)C[C@@H]12. The lowest BCUT2D eigenvalue weighted by Crippen LogP contribution is -2.65. The number of fused-ring (bicyclic) bond motifs is 1. The van der Waals surface area contributed by atoms with E-state index in [1.165, 1.54) is 4.88 Å². The number of hydrogen-bond acceptors (Lipinski definition) is 4. The second-order valence-corrected chi connectivity index (χ2v) is 6.56. The minimum absolute atomic E-state index is 0.0171. The lowest BCUT2D eigenvalue weighted by molar-refractivity contribution is -0.149. The molecule has 0 bridgehead atoms. The number of nitrogens with one attached hydrogen (secondary N) is 1. The largest absolute Gasteiger partial charge is 0.345 e. The minimum Gasteiger partial charge on any atom is -0.345 e. The van der Waals surface area contributed by atoms with Gasteiger partial charge < -0.3 is 10.2 Å². The lowest BCUT2D eigenvalue weighted by Gasteiger charge is -2.42. The van der Waals surface area contributed by atoms with Gasteiger partial charge in [-0.2, -0.15) is 0 Å². The van der Waals surface area contributed by atoms with E-state index in [0.29, 0.717) is 13.1 Å². The maximum atomic E-state index is 11.8. The van der Waals surface area contributed by atoms with Crippen molar-refractivity contribution in [2.45, 2.75) is 12.6 Å². The van der Waals surface area contributed by atoms with E-state index in [1.807, 2.05) is 12.1 Å². The van der Waals surface area contributed by atoms with Gasteiger partial charge in [0.2, 0.25) is 11.8 Å². The smallest absolute Gasteiger partial charge is 0.244 e. The predicted octanol–water partition coefficient (Wildman–Crippen LogP) is 0.544. The summed E-state index contributed by atoms with van der Waals surface area (Å²) in [6.45, 7) is 2.92. The summed E-state index contributed by atoms with van der Waals surface area (Å²) in [4.78, 5) is 28.6. The van der Waals surface area contributed by atoms with Crippen molar-refractivity contribution in [1.29, 1.82) is 0 Å². The molecule has 0 saturated carbocycles. The van der Waals surface area contributed by atoms with Crippen LogP contribution in [0.25, 0.3) is 0 Å². The molecule has 2 aliphatic heterocycles. The summed E-state index contributed by atoms with van der Waals surface area (Å²) < 4.78 is 0.777. The number of amides is 2. The summed E-state index contributed by atoms with van der Waals surface area (Å²) in [5, 5.41) is 2.64. The van der Waals surface area contributed by atoms with E-state index in [2.05, 4.69) is 10.2 Å². The zero-order valence-corrected chi connectivity index (χ0v) is 11.8. The molecule has 3 heterocycles. The molecule has 0 radical (unpaired) electrons. The summed E-state index contributed by atoms with van der Waals surface area (Å²) in [6.07, 6.45) is 0. The third-order valence-electron chi connectivity index (χ3n) is 3.51. The average Bonchev–Trinajstić information content (AvgIpc) is 2.80. The fourth-order valence-corrected chi connectivity index (χ4v) is 3.68. The summed E-state index contributed by atoms with van der Waals surface area (Å²) in [5.41, 5.74) is 0. The topological polar surface area (TPSA) is 52.7 Å². The quantitative estimate of drug-likeness (QED) is 0.867. The van der Waals surface area contributed by atoms with Crippen LogP contribution in [0.2, 0.25) is 4.34 Å². The van der Waals surface area contributed by atoms with E-state index in [0.717, 1.165) is 17.4 Å². The summed E-state index contributed by atoms with van der Waals surface area (Å²) in [6, 6.07) is 3.55. The number of hydrogen-bond donors (Lipinski definition) is 1. The Balaban J connectivity index is 1.67. The van der Waals surface area contributed by atoms with Gasteiger partial charge in [-0.25, -0.2) is 0 Å². The Morgan fingerprint density at radius 3 is 2.95 bits per heavy atom. The molecule has 102 valence electrons. The number of piperazine rings is 2. The van der Waals surface area contributed by atoms with Crippen LogP contribution in [-0.4, -0.2) is 53.8 Å². The molecule has 2 saturated heterocycles. The molecule has 5 nitrogen and oxygen atoms in total. The standard InChI is InChI=1S/C12H14ClN3O2S/c13-10-2-1-8(19-10)6-15-3-4-16-9(7-15)12(18)14-5-11(16)17/h1-2,9H,3-7H2,(H,14,18)/t9-/m0/s1. The molecule has 0 aromatic carbocycles. The Labute approximate surface area is 120 Å². The lowest BCUT2D eigenvalue weighted by atomic mass is 10.1. The Hall–Kier alpha value is -1.11.